The standard InChI is InChI=1S/C7H8N2S2/c1-9(7(10)11)6-4-2-3-5-8-6/h2-5H,1H3,(H,10,11). The van der Waals surface area contributed by atoms with Crippen molar-refractivity contribution in [2.75, 3.05) is 11.9 Å². The van der Waals surface area contributed by atoms with Crippen molar-refractivity contribution in [3.8, 4) is 0 Å². The first-order valence-electron chi connectivity index (χ1n) is 3.09. The van der Waals surface area contributed by atoms with Crippen molar-refractivity contribution in [3.63, 3.8) is 0 Å². The fourth-order valence-electron chi connectivity index (χ4n) is 0.650. The molecule has 0 radical (unpaired) electrons. The number of hydrogen-bond donors (Lipinski definition) is 1. The first-order valence-corrected chi connectivity index (χ1v) is 3.95. The van der Waals surface area contributed by atoms with E-state index in [-0.39, 0.29) is 0 Å². The first-order chi connectivity index (χ1) is 5.22. The van der Waals surface area contributed by atoms with Crippen molar-refractivity contribution in [2.24, 2.45) is 0 Å². The molecule has 0 saturated heterocycles. The minimum Gasteiger partial charge on any atom is -0.315 e. The summed E-state index contributed by atoms with van der Waals surface area (Å²) in [4.78, 5) is 5.82. The molecule has 0 aliphatic carbocycles. The van der Waals surface area contributed by atoms with E-state index in [1.165, 1.54) is 0 Å². The van der Waals surface area contributed by atoms with E-state index in [0.29, 0.717) is 4.32 Å². The Balaban J connectivity index is 2.85. The van der Waals surface area contributed by atoms with E-state index in [1.807, 2.05) is 25.2 Å². The fraction of sp³-hybridized carbons (Fsp3) is 0.143. The van der Waals surface area contributed by atoms with Gasteiger partial charge in [-0.15, -0.1) is 12.6 Å². The number of thiocarbonyl (C=S) groups is 1. The van der Waals surface area contributed by atoms with Crippen LogP contribution in [0.15, 0.2) is 24.4 Å². The van der Waals surface area contributed by atoms with Crippen LogP contribution in [0.3, 0.4) is 0 Å². The van der Waals surface area contributed by atoms with Gasteiger partial charge in [-0.1, -0.05) is 18.3 Å². The molecule has 0 bridgehead atoms. The predicted molar refractivity (Wildman–Crippen MR) is 54.2 cm³/mol. The zero-order valence-electron chi connectivity index (χ0n) is 6.06. The third kappa shape index (κ3) is 2.17. The molecular formula is C7H8N2S2. The van der Waals surface area contributed by atoms with E-state index in [4.69, 9.17) is 12.2 Å². The highest BCUT2D eigenvalue weighted by atomic mass is 32.1. The van der Waals surface area contributed by atoms with Crippen LogP contribution in [-0.2, 0) is 0 Å². The van der Waals surface area contributed by atoms with E-state index < -0.39 is 0 Å². The minimum absolute atomic E-state index is 0.517. The highest BCUT2D eigenvalue weighted by Gasteiger charge is 2.01. The Bertz CT molecular complexity index is 248. The molecule has 0 saturated carbocycles. The van der Waals surface area contributed by atoms with Gasteiger partial charge in [0.2, 0.25) is 0 Å². The van der Waals surface area contributed by atoms with Crippen LogP contribution >= 0.6 is 24.8 Å². The number of anilines is 1. The predicted octanol–water partition coefficient (Wildman–Crippen LogP) is 1.73. The molecule has 0 aliphatic heterocycles. The summed E-state index contributed by atoms with van der Waals surface area (Å²) in [7, 11) is 1.83. The van der Waals surface area contributed by atoms with Crippen LogP contribution in [0.2, 0.25) is 0 Å². The second-order valence-corrected chi connectivity index (χ2v) is 3.14. The van der Waals surface area contributed by atoms with Crippen LogP contribution in [0.25, 0.3) is 0 Å². The Morgan fingerprint density at radius 3 is 2.82 bits per heavy atom. The summed E-state index contributed by atoms with van der Waals surface area (Å²) in [6, 6.07) is 5.65. The van der Waals surface area contributed by atoms with Crippen LogP contribution in [0, 0.1) is 0 Å². The molecule has 0 aromatic carbocycles. The van der Waals surface area contributed by atoms with Gasteiger partial charge < -0.3 is 4.90 Å². The summed E-state index contributed by atoms with van der Waals surface area (Å²) in [6.45, 7) is 0. The number of thiol groups is 1. The molecule has 1 heterocycles. The highest BCUT2D eigenvalue weighted by molar-refractivity contribution is 8.11. The van der Waals surface area contributed by atoms with Gasteiger partial charge in [-0.25, -0.2) is 4.98 Å². The summed E-state index contributed by atoms with van der Waals surface area (Å²) in [5, 5.41) is 0. The van der Waals surface area contributed by atoms with Gasteiger partial charge in [0.1, 0.15) is 10.1 Å². The van der Waals surface area contributed by atoms with Crippen LogP contribution < -0.4 is 4.90 Å². The SMILES string of the molecule is CN(C(=S)S)c1ccccn1. The van der Waals surface area contributed by atoms with Gasteiger partial charge in [0.05, 0.1) is 0 Å². The van der Waals surface area contributed by atoms with E-state index in [0.717, 1.165) is 5.82 Å². The van der Waals surface area contributed by atoms with Gasteiger partial charge in [-0.2, -0.15) is 0 Å². The normalized spacial score (nSPS) is 9.27. The van der Waals surface area contributed by atoms with Crippen molar-refractivity contribution in [3.05, 3.63) is 24.4 Å². The smallest absolute Gasteiger partial charge is 0.138 e. The molecule has 0 fully saturated rings. The molecule has 58 valence electrons. The van der Waals surface area contributed by atoms with Gasteiger partial charge in [0, 0.05) is 13.2 Å². The zero-order chi connectivity index (χ0) is 8.27. The second-order valence-electron chi connectivity index (χ2n) is 2.03. The molecule has 1 rings (SSSR count). The third-order valence-corrected chi connectivity index (χ3v) is 1.85. The lowest BCUT2D eigenvalue weighted by Gasteiger charge is -2.14. The topological polar surface area (TPSA) is 16.1 Å². The summed E-state index contributed by atoms with van der Waals surface area (Å²) < 4.78 is 0.517. The Morgan fingerprint density at radius 2 is 2.36 bits per heavy atom. The summed E-state index contributed by atoms with van der Waals surface area (Å²) in [5.41, 5.74) is 0. The molecule has 4 heteroatoms. The highest BCUT2D eigenvalue weighted by Crippen LogP contribution is 2.08. The van der Waals surface area contributed by atoms with Crippen LogP contribution in [0.5, 0.6) is 0 Å². The van der Waals surface area contributed by atoms with Crippen molar-refractivity contribution < 1.29 is 0 Å². The summed E-state index contributed by atoms with van der Waals surface area (Å²) in [6.07, 6.45) is 1.72. The number of rotatable bonds is 1. The van der Waals surface area contributed by atoms with Gasteiger partial charge >= 0.3 is 0 Å². The van der Waals surface area contributed by atoms with Gasteiger partial charge in [-0.3, -0.25) is 0 Å². The largest absolute Gasteiger partial charge is 0.315 e. The Morgan fingerprint density at radius 1 is 1.64 bits per heavy atom. The minimum atomic E-state index is 0.517. The average Bonchev–Trinajstić information content (AvgIpc) is 2.05. The maximum atomic E-state index is 4.85. The molecule has 0 spiro atoms. The Kier molecular flexibility index (Phi) is 2.84. The van der Waals surface area contributed by atoms with Gasteiger partial charge in [-0.05, 0) is 12.1 Å². The number of pyridine rings is 1. The quantitative estimate of drug-likeness (QED) is 0.529. The van der Waals surface area contributed by atoms with Crippen molar-refractivity contribution >= 4 is 35.0 Å². The Labute approximate surface area is 76.7 Å². The molecule has 2 nitrogen and oxygen atoms in total. The maximum absolute atomic E-state index is 4.85. The number of aromatic nitrogens is 1. The molecule has 0 atom stereocenters. The van der Waals surface area contributed by atoms with Crippen LogP contribution in [0.1, 0.15) is 0 Å². The first kappa shape index (κ1) is 8.49. The van der Waals surface area contributed by atoms with E-state index in [1.54, 1.807) is 11.1 Å². The summed E-state index contributed by atoms with van der Waals surface area (Å²) >= 11 is 8.87. The number of hydrogen-bond acceptors (Lipinski definition) is 2. The van der Waals surface area contributed by atoms with Crippen molar-refractivity contribution in [2.45, 2.75) is 0 Å². The molecule has 0 unspecified atom stereocenters. The Hall–Kier alpha value is -0.610. The lowest BCUT2D eigenvalue weighted by Crippen LogP contribution is -2.20. The van der Waals surface area contributed by atoms with E-state index in [2.05, 4.69) is 17.6 Å². The maximum Gasteiger partial charge on any atom is 0.138 e. The fourth-order valence-corrected chi connectivity index (χ4v) is 0.846. The van der Waals surface area contributed by atoms with Crippen LogP contribution in [-0.4, -0.2) is 16.4 Å². The van der Waals surface area contributed by atoms with Crippen molar-refractivity contribution in [1.29, 1.82) is 0 Å². The lowest BCUT2D eigenvalue weighted by molar-refractivity contribution is 1.19. The van der Waals surface area contributed by atoms with Crippen LogP contribution in [0.4, 0.5) is 5.82 Å². The number of nitrogens with zero attached hydrogens (tertiary/aromatic N) is 2. The third-order valence-electron chi connectivity index (χ3n) is 1.28. The van der Waals surface area contributed by atoms with Gasteiger partial charge in [0.15, 0.2) is 0 Å². The van der Waals surface area contributed by atoms with E-state index >= 15 is 0 Å². The monoisotopic (exact) mass is 184 g/mol. The molecule has 1 aromatic heterocycles. The molecular weight excluding hydrogens is 176 g/mol. The van der Waals surface area contributed by atoms with Gasteiger partial charge in [0.25, 0.3) is 0 Å². The average molecular weight is 184 g/mol. The second kappa shape index (κ2) is 3.69. The molecule has 1 aromatic rings. The molecule has 11 heavy (non-hydrogen) atoms. The van der Waals surface area contributed by atoms with Crippen molar-refractivity contribution in [1.82, 2.24) is 4.98 Å². The van der Waals surface area contributed by atoms with E-state index in [9.17, 15) is 0 Å². The summed E-state index contributed by atoms with van der Waals surface area (Å²) in [5.74, 6) is 0.813. The molecule has 0 amide bonds. The lowest BCUT2D eigenvalue weighted by atomic mass is 10.4. The molecule has 0 N–H and O–H groups in total. The molecule has 0 aliphatic rings. The zero-order valence-corrected chi connectivity index (χ0v) is 7.77.